The Kier molecular flexibility index (Phi) is 4.28. The van der Waals surface area contributed by atoms with Gasteiger partial charge in [0.25, 0.3) is 0 Å². The number of fused-ring (bicyclic) bond motifs is 2. The number of aromatic nitrogens is 6. The minimum absolute atomic E-state index is 0.307. The zero-order valence-electron chi connectivity index (χ0n) is 15.9. The number of allylic oxidation sites excluding steroid dienone is 3. The SMILES string of the molecule is CC1=CCn2c(nnc2Sc2ccc3ncc(-c4cnn(C)c4)cc3c2F)C=C1. The normalized spacial score (nSPS) is 13.4. The molecule has 0 fully saturated rings. The first kappa shape index (κ1) is 17.8. The van der Waals surface area contributed by atoms with Crippen LogP contribution >= 0.6 is 11.8 Å². The highest BCUT2D eigenvalue weighted by molar-refractivity contribution is 7.99. The molecule has 0 atom stereocenters. The van der Waals surface area contributed by atoms with Gasteiger partial charge in [-0.2, -0.15) is 5.10 Å². The molecule has 0 amide bonds. The molecule has 0 saturated carbocycles. The second-order valence-electron chi connectivity index (χ2n) is 6.91. The van der Waals surface area contributed by atoms with Gasteiger partial charge in [0.2, 0.25) is 0 Å². The molecular weight excluding hydrogens is 387 g/mol. The molecule has 1 aliphatic rings. The van der Waals surface area contributed by atoms with Crippen LogP contribution in [0.2, 0.25) is 0 Å². The average Bonchev–Trinajstić information content (AvgIpc) is 3.27. The lowest BCUT2D eigenvalue weighted by atomic mass is 10.1. The molecule has 6 nitrogen and oxygen atoms in total. The highest BCUT2D eigenvalue weighted by atomic mass is 32.2. The smallest absolute Gasteiger partial charge is 0.196 e. The summed E-state index contributed by atoms with van der Waals surface area (Å²) in [7, 11) is 1.85. The van der Waals surface area contributed by atoms with E-state index in [9.17, 15) is 0 Å². The molecule has 0 unspecified atom stereocenters. The van der Waals surface area contributed by atoms with Crippen molar-refractivity contribution in [3.05, 3.63) is 66.2 Å². The van der Waals surface area contributed by atoms with Gasteiger partial charge in [0.15, 0.2) is 11.0 Å². The molecule has 5 rings (SSSR count). The number of hydrogen-bond acceptors (Lipinski definition) is 5. The Hall–Kier alpha value is -3.26. The van der Waals surface area contributed by atoms with Gasteiger partial charge in [-0.05, 0) is 43.0 Å². The first-order chi connectivity index (χ1) is 14.1. The Morgan fingerprint density at radius 1 is 1.10 bits per heavy atom. The number of pyridine rings is 1. The Morgan fingerprint density at radius 3 is 2.83 bits per heavy atom. The monoisotopic (exact) mass is 404 g/mol. The minimum Gasteiger partial charge on any atom is -0.298 e. The summed E-state index contributed by atoms with van der Waals surface area (Å²) in [6.45, 7) is 2.70. The molecule has 0 radical (unpaired) electrons. The van der Waals surface area contributed by atoms with E-state index in [-0.39, 0.29) is 5.82 Å². The van der Waals surface area contributed by atoms with Crippen molar-refractivity contribution >= 4 is 28.7 Å². The highest BCUT2D eigenvalue weighted by Crippen LogP contribution is 2.34. The van der Waals surface area contributed by atoms with Gasteiger partial charge in [0.1, 0.15) is 5.82 Å². The van der Waals surface area contributed by atoms with E-state index in [1.54, 1.807) is 23.1 Å². The molecule has 8 heteroatoms. The van der Waals surface area contributed by atoms with Crippen LogP contribution in [-0.2, 0) is 13.6 Å². The summed E-state index contributed by atoms with van der Waals surface area (Å²) in [5.41, 5.74) is 3.50. The van der Waals surface area contributed by atoms with Crippen molar-refractivity contribution < 1.29 is 4.39 Å². The molecule has 0 bridgehead atoms. The number of benzene rings is 1. The molecule has 1 aliphatic heterocycles. The fourth-order valence-corrected chi connectivity index (χ4v) is 4.12. The van der Waals surface area contributed by atoms with Crippen LogP contribution in [0.5, 0.6) is 0 Å². The van der Waals surface area contributed by atoms with E-state index in [1.807, 2.05) is 49.0 Å². The maximum atomic E-state index is 15.4. The van der Waals surface area contributed by atoms with Crippen molar-refractivity contribution in [3.63, 3.8) is 0 Å². The molecule has 0 saturated heterocycles. The van der Waals surface area contributed by atoms with Crippen LogP contribution in [0.15, 0.2) is 64.6 Å². The van der Waals surface area contributed by atoms with Crippen molar-refractivity contribution in [3.8, 4) is 11.1 Å². The molecule has 0 spiro atoms. The van der Waals surface area contributed by atoms with Crippen LogP contribution in [0, 0.1) is 5.82 Å². The van der Waals surface area contributed by atoms with Crippen molar-refractivity contribution in [2.24, 2.45) is 7.05 Å². The van der Waals surface area contributed by atoms with Gasteiger partial charge in [-0.25, -0.2) is 4.39 Å². The summed E-state index contributed by atoms with van der Waals surface area (Å²) < 4.78 is 19.1. The van der Waals surface area contributed by atoms with Gasteiger partial charge in [-0.3, -0.25) is 14.2 Å². The largest absolute Gasteiger partial charge is 0.298 e. The Bertz CT molecular complexity index is 1300. The van der Waals surface area contributed by atoms with E-state index in [4.69, 9.17) is 0 Å². The topological polar surface area (TPSA) is 61.4 Å². The molecular formula is C21H17FN6S. The van der Waals surface area contributed by atoms with E-state index in [0.717, 1.165) is 22.5 Å². The third-order valence-corrected chi connectivity index (χ3v) is 5.86. The molecule has 0 aliphatic carbocycles. The summed E-state index contributed by atoms with van der Waals surface area (Å²) in [6.07, 6.45) is 11.4. The zero-order chi connectivity index (χ0) is 20.0. The number of halogens is 1. The van der Waals surface area contributed by atoms with Crippen molar-refractivity contribution in [1.29, 1.82) is 0 Å². The summed E-state index contributed by atoms with van der Waals surface area (Å²) in [6, 6.07) is 5.39. The summed E-state index contributed by atoms with van der Waals surface area (Å²) in [4.78, 5) is 4.91. The van der Waals surface area contributed by atoms with Gasteiger partial charge in [-0.1, -0.05) is 17.7 Å². The van der Waals surface area contributed by atoms with E-state index in [0.29, 0.717) is 27.5 Å². The minimum atomic E-state index is -0.307. The van der Waals surface area contributed by atoms with Gasteiger partial charge in [0, 0.05) is 42.5 Å². The molecule has 0 N–H and O–H groups in total. The van der Waals surface area contributed by atoms with Gasteiger partial charge in [-0.15, -0.1) is 10.2 Å². The van der Waals surface area contributed by atoms with Gasteiger partial charge in [0.05, 0.1) is 16.6 Å². The summed E-state index contributed by atoms with van der Waals surface area (Å²) in [5, 5.41) is 13.8. The second-order valence-corrected chi connectivity index (χ2v) is 7.92. The van der Waals surface area contributed by atoms with Crippen molar-refractivity contribution in [2.75, 3.05) is 0 Å². The number of hydrogen-bond donors (Lipinski definition) is 0. The standard InChI is InChI=1S/C21H17FN6S/c1-13-3-6-19-25-26-21(28(19)8-7-13)29-18-5-4-17-16(20(18)22)9-14(10-23-17)15-11-24-27(2)12-15/h3-7,9-12H,8H2,1-2H3. The molecule has 144 valence electrons. The molecule has 4 heterocycles. The van der Waals surface area contributed by atoms with E-state index < -0.39 is 0 Å². The number of rotatable bonds is 3. The fraction of sp³-hybridized carbons (Fsp3) is 0.143. The molecule has 4 aromatic rings. The maximum Gasteiger partial charge on any atom is 0.196 e. The van der Waals surface area contributed by atoms with Crippen molar-refractivity contribution in [1.82, 2.24) is 29.5 Å². The van der Waals surface area contributed by atoms with Gasteiger partial charge >= 0.3 is 0 Å². The molecule has 29 heavy (non-hydrogen) atoms. The van der Waals surface area contributed by atoms with Crippen LogP contribution in [-0.4, -0.2) is 29.5 Å². The third-order valence-electron chi connectivity index (χ3n) is 4.84. The third kappa shape index (κ3) is 3.25. The molecule has 1 aromatic carbocycles. The van der Waals surface area contributed by atoms with Gasteiger partial charge < -0.3 is 0 Å². The van der Waals surface area contributed by atoms with E-state index in [2.05, 4.69) is 26.4 Å². The Morgan fingerprint density at radius 2 is 2.00 bits per heavy atom. The van der Waals surface area contributed by atoms with Crippen LogP contribution in [0.3, 0.4) is 0 Å². The second kappa shape index (κ2) is 6.97. The average molecular weight is 404 g/mol. The molecule has 3 aromatic heterocycles. The lowest BCUT2D eigenvalue weighted by Crippen LogP contribution is -2.00. The van der Waals surface area contributed by atoms with E-state index >= 15 is 4.39 Å². The summed E-state index contributed by atoms with van der Waals surface area (Å²) in [5.74, 6) is 0.460. The maximum absolute atomic E-state index is 15.4. The number of aryl methyl sites for hydroxylation is 1. The fourth-order valence-electron chi connectivity index (χ4n) is 3.23. The van der Waals surface area contributed by atoms with Crippen LogP contribution in [0.4, 0.5) is 4.39 Å². The summed E-state index contributed by atoms with van der Waals surface area (Å²) >= 11 is 1.27. The number of nitrogens with zero attached hydrogens (tertiary/aromatic N) is 6. The van der Waals surface area contributed by atoms with Crippen molar-refractivity contribution in [2.45, 2.75) is 23.5 Å². The van der Waals surface area contributed by atoms with E-state index in [1.165, 1.54) is 11.8 Å². The first-order valence-corrected chi connectivity index (χ1v) is 9.93. The van der Waals surface area contributed by atoms with Crippen LogP contribution in [0.1, 0.15) is 12.7 Å². The quantitative estimate of drug-likeness (QED) is 0.503. The Balaban J connectivity index is 1.54. The lowest BCUT2D eigenvalue weighted by molar-refractivity contribution is 0.613. The predicted molar refractivity (Wildman–Crippen MR) is 111 cm³/mol. The lowest BCUT2D eigenvalue weighted by Gasteiger charge is -2.08. The zero-order valence-corrected chi connectivity index (χ0v) is 16.7. The predicted octanol–water partition coefficient (Wildman–Crippen LogP) is 4.49. The van der Waals surface area contributed by atoms with Crippen LogP contribution < -0.4 is 0 Å². The first-order valence-electron chi connectivity index (χ1n) is 9.11. The highest BCUT2D eigenvalue weighted by Gasteiger charge is 2.17. The Labute approximate surface area is 170 Å². The van der Waals surface area contributed by atoms with Crippen LogP contribution in [0.25, 0.3) is 28.1 Å².